The molecule has 108 valence electrons. The van der Waals surface area contributed by atoms with Crippen LogP contribution in [0.15, 0.2) is 24.0 Å². The molecule has 0 saturated carbocycles. The summed E-state index contributed by atoms with van der Waals surface area (Å²) in [5.74, 6) is 1.62. The molecule has 0 saturated heterocycles. The SMILES string of the molecule is C=CCNC(=NCc1nncn1CC)NC(C)C.I. The van der Waals surface area contributed by atoms with Gasteiger partial charge < -0.3 is 15.2 Å². The molecule has 0 spiro atoms. The molecule has 1 aromatic heterocycles. The van der Waals surface area contributed by atoms with Gasteiger partial charge in [-0.05, 0) is 20.8 Å². The molecule has 19 heavy (non-hydrogen) atoms. The molecular weight excluding hydrogens is 355 g/mol. The first kappa shape index (κ1) is 17.9. The van der Waals surface area contributed by atoms with Crippen LogP contribution >= 0.6 is 24.0 Å². The number of halogens is 1. The molecule has 0 aromatic carbocycles. The van der Waals surface area contributed by atoms with Gasteiger partial charge in [-0.15, -0.1) is 40.8 Å². The number of hydrogen-bond donors (Lipinski definition) is 2. The fourth-order valence-electron chi connectivity index (χ4n) is 1.41. The molecule has 0 amide bonds. The Balaban J connectivity index is 0.00000324. The molecule has 0 aliphatic heterocycles. The highest BCUT2D eigenvalue weighted by Crippen LogP contribution is 1.97. The molecule has 6 nitrogen and oxygen atoms in total. The minimum absolute atomic E-state index is 0. The number of aromatic nitrogens is 3. The van der Waals surface area contributed by atoms with Gasteiger partial charge in [0, 0.05) is 19.1 Å². The van der Waals surface area contributed by atoms with Crippen molar-refractivity contribution >= 4 is 29.9 Å². The molecule has 2 N–H and O–H groups in total. The summed E-state index contributed by atoms with van der Waals surface area (Å²) in [5, 5.41) is 14.3. The third-order valence-corrected chi connectivity index (χ3v) is 2.25. The van der Waals surface area contributed by atoms with Gasteiger partial charge in [0.05, 0.1) is 0 Å². The first-order valence-corrected chi connectivity index (χ1v) is 6.19. The summed E-state index contributed by atoms with van der Waals surface area (Å²) in [6.07, 6.45) is 3.52. The van der Waals surface area contributed by atoms with E-state index in [0.29, 0.717) is 19.1 Å². The fourth-order valence-corrected chi connectivity index (χ4v) is 1.41. The molecule has 0 fully saturated rings. The molecule has 0 bridgehead atoms. The van der Waals surface area contributed by atoms with Gasteiger partial charge in [0.25, 0.3) is 0 Å². The van der Waals surface area contributed by atoms with Crippen molar-refractivity contribution in [1.82, 2.24) is 25.4 Å². The lowest BCUT2D eigenvalue weighted by molar-refractivity contribution is 0.681. The Bertz CT molecular complexity index is 399. The number of hydrogen-bond acceptors (Lipinski definition) is 3. The van der Waals surface area contributed by atoms with Gasteiger partial charge in [-0.3, -0.25) is 0 Å². The van der Waals surface area contributed by atoms with Gasteiger partial charge in [-0.25, -0.2) is 4.99 Å². The Kier molecular flexibility index (Phi) is 9.19. The largest absolute Gasteiger partial charge is 0.354 e. The zero-order chi connectivity index (χ0) is 13.4. The standard InChI is InChI=1S/C12H22N6.HI/c1-5-7-13-12(16-10(3)4)14-8-11-17-15-9-18(11)6-2;/h5,9-10H,1,6-8H2,2-4H3,(H2,13,14,16);1H. The van der Waals surface area contributed by atoms with E-state index in [9.17, 15) is 0 Å². The number of nitrogens with one attached hydrogen (secondary N) is 2. The van der Waals surface area contributed by atoms with Crippen molar-refractivity contribution in [2.45, 2.75) is 39.9 Å². The highest BCUT2D eigenvalue weighted by atomic mass is 127. The smallest absolute Gasteiger partial charge is 0.192 e. The molecule has 0 unspecified atom stereocenters. The second-order valence-electron chi connectivity index (χ2n) is 4.17. The van der Waals surface area contributed by atoms with Crippen LogP contribution in [-0.4, -0.2) is 33.3 Å². The Morgan fingerprint density at radius 1 is 1.58 bits per heavy atom. The van der Waals surface area contributed by atoms with Gasteiger partial charge in [0.1, 0.15) is 12.9 Å². The van der Waals surface area contributed by atoms with Crippen molar-refractivity contribution < 1.29 is 0 Å². The van der Waals surface area contributed by atoms with Gasteiger partial charge in [0.15, 0.2) is 11.8 Å². The van der Waals surface area contributed by atoms with Crippen LogP contribution in [0.2, 0.25) is 0 Å². The topological polar surface area (TPSA) is 67.1 Å². The number of rotatable bonds is 6. The second kappa shape index (κ2) is 9.76. The molecule has 0 radical (unpaired) electrons. The third-order valence-electron chi connectivity index (χ3n) is 2.25. The van der Waals surface area contributed by atoms with E-state index >= 15 is 0 Å². The lowest BCUT2D eigenvalue weighted by Crippen LogP contribution is -2.41. The highest BCUT2D eigenvalue weighted by Gasteiger charge is 2.03. The molecule has 0 aliphatic rings. The minimum Gasteiger partial charge on any atom is -0.354 e. The molecule has 1 aromatic rings. The molecule has 1 rings (SSSR count). The third kappa shape index (κ3) is 6.55. The fraction of sp³-hybridized carbons (Fsp3) is 0.583. The summed E-state index contributed by atoms with van der Waals surface area (Å²) in [5.41, 5.74) is 0. The summed E-state index contributed by atoms with van der Waals surface area (Å²) in [4.78, 5) is 4.48. The Morgan fingerprint density at radius 2 is 2.32 bits per heavy atom. The van der Waals surface area contributed by atoms with Crippen LogP contribution in [-0.2, 0) is 13.1 Å². The molecule has 0 aliphatic carbocycles. The lowest BCUT2D eigenvalue weighted by Gasteiger charge is -2.14. The van der Waals surface area contributed by atoms with E-state index in [4.69, 9.17) is 0 Å². The predicted octanol–water partition coefficient (Wildman–Crippen LogP) is 1.55. The Labute approximate surface area is 131 Å². The summed E-state index contributed by atoms with van der Waals surface area (Å²) in [6.45, 7) is 11.9. The van der Waals surface area contributed by atoms with Gasteiger partial charge in [0.2, 0.25) is 0 Å². The number of guanidine groups is 1. The Morgan fingerprint density at radius 3 is 2.89 bits per heavy atom. The number of nitrogens with zero attached hydrogens (tertiary/aromatic N) is 4. The maximum Gasteiger partial charge on any atom is 0.192 e. The molecular formula is C12H23IN6. The molecule has 0 atom stereocenters. The summed E-state index contributed by atoms with van der Waals surface area (Å²) >= 11 is 0. The van der Waals surface area contributed by atoms with Crippen LogP contribution in [0.1, 0.15) is 26.6 Å². The zero-order valence-corrected chi connectivity index (χ0v) is 14.1. The predicted molar refractivity (Wildman–Crippen MR) is 88.7 cm³/mol. The van der Waals surface area contributed by atoms with Crippen LogP contribution in [0.4, 0.5) is 0 Å². The second-order valence-corrected chi connectivity index (χ2v) is 4.17. The van der Waals surface area contributed by atoms with Crippen molar-refractivity contribution in [2.24, 2.45) is 4.99 Å². The van der Waals surface area contributed by atoms with E-state index in [0.717, 1.165) is 18.3 Å². The van der Waals surface area contributed by atoms with E-state index in [-0.39, 0.29) is 24.0 Å². The van der Waals surface area contributed by atoms with Gasteiger partial charge in [-0.2, -0.15) is 0 Å². The van der Waals surface area contributed by atoms with Crippen LogP contribution in [0, 0.1) is 0 Å². The van der Waals surface area contributed by atoms with Crippen molar-refractivity contribution in [3.05, 3.63) is 24.8 Å². The average Bonchev–Trinajstić information content (AvgIpc) is 2.79. The molecule has 7 heteroatoms. The lowest BCUT2D eigenvalue weighted by atomic mass is 10.4. The molecule has 1 heterocycles. The van der Waals surface area contributed by atoms with Crippen LogP contribution in [0.3, 0.4) is 0 Å². The van der Waals surface area contributed by atoms with E-state index in [1.165, 1.54) is 0 Å². The van der Waals surface area contributed by atoms with Crippen LogP contribution in [0.5, 0.6) is 0 Å². The quantitative estimate of drug-likeness (QED) is 0.341. The first-order chi connectivity index (χ1) is 8.67. The van der Waals surface area contributed by atoms with Gasteiger partial charge >= 0.3 is 0 Å². The van der Waals surface area contributed by atoms with Crippen molar-refractivity contribution in [3.8, 4) is 0 Å². The van der Waals surface area contributed by atoms with Crippen LogP contribution < -0.4 is 10.6 Å². The van der Waals surface area contributed by atoms with Crippen molar-refractivity contribution in [1.29, 1.82) is 0 Å². The van der Waals surface area contributed by atoms with E-state index in [2.05, 4.69) is 53.2 Å². The van der Waals surface area contributed by atoms with E-state index in [1.807, 2.05) is 4.57 Å². The highest BCUT2D eigenvalue weighted by molar-refractivity contribution is 14.0. The van der Waals surface area contributed by atoms with Gasteiger partial charge in [-0.1, -0.05) is 6.08 Å². The summed E-state index contributed by atoms with van der Waals surface area (Å²) < 4.78 is 1.98. The van der Waals surface area contributed by atoms with Crippen molar-refractivity contribution in [2.75, 3.05) is 6.54 Å². The number of aliphatic imine (C=N–C) groups is 1. The zero-order valence-electron chi connectivity index (χ0n) is 11.8. The number of aryl methyl sites for hydroxylation is 1. The normalized spacial score (nSPS) is 11.1. The summed E-state index contributed by atoms with van der Waals surface area (Å²) in [7, 11) is 0. The maximum absolute atomic E-state index is 4.48. The van der Waals surface area contributed by atoms with Crippen LogP contribution in [0.25, 0.3) is 0 Å². The average molecular weight is 378 g/mol. The van der Waals surface area contributed by atoms with E-state index in [1.54, 1.807) is 12.4 Å². The Hall–Kier alpha value is -1.12. The van der Waals surface area contributed by atoms with E-state index < -0.39 is 0 Å². The minimum atomic E-state index is 0. The van der Waals surface area contributed by atoms with Crippen molar-refractivity contribution in [3.63, 3.8) is 0 Å². The first-order valence-electron chi connectivity index (χ1n) is 6.19. The monoisotopic (exact) mass is 378 g/mol. The maximum atomic E-state index is 4.48. The summed E-state index contributed by atoms with van der Waals surface area (Å²) in [6, 6.07) is 0.324.